The Morgan fingerprint density at radius 2 is 1.04 bits per heavy atom. The Labute approximate surface area is 163 Å². The molecule has 0 bridgehead atoms. The fraction of sp³-hybridized carbons (Fsp3) is 0. The van der Waals surface area contributed by atoms with Crippen LogP contribution >= 0.6 is 0 Å². The van der Waals surface area contributed by atoms with Gasteiger partial charge in [-0.1, -0.05) is 78.9 Å². The predicted molar refractivity (Wildman–Crippen MR) is 118 cm³/mol. The third kappa shape index (κ3) is 3.06. The molecule has 0 aliphatic rings. The van der Waals surface area contributed by atoms with Crippen molar-refractivity contribution in [3.05, 3.63) is 109 Å². The van der Waals surface area contributed by atoms with Crippen molar-refractivity contribution in [2.24, 2.45) is 0 Å². The van der Waals surface area contributed by atoms with Crippen molar-refractivity contribution in [1.82, 2.24) is 9.97 Å². The molecule has 0 atom stereocenters. The van der Waals surface area contributed by atoms with Crippen molar-refractivity contribution >= 4 is 43.5 Å². The molecule has 6 aromatic rings. The van der Waals surface area contributed by atoms with E-state index in [0.29, 0.717) is 0 Å². The smallest absolute Gasteiger partial charge is 0.0780 e. The lowest BCUT2D eigenvalue weighted by Gasteiger charge is -2.01. The molecule has 0 fully saturated rings. The summed E-state index contributed by atoms with van der Waals surface area (Å²) in [5.74, 6) is 0. The summed E-state index contributed by atoms with van der Waals surface area (Å²) in [5, 5.41) is 6.08. The van der Waals surface area contributed by atoms with Crippen LogP contribution in [0.3, 0.4) is 0 Å². The van der Waals surface area contributed by atoms with E-state index in [9.17, 15) is 0 Å². The molecule has 2 aromatic heterocycles. The summed E-state index contributed by atoms with van der Waals surface area (Å²) in [5.41, 5.74) is 3.21. The van der Waals surface area contributed by atoms with E-state index in [1.54, 1.807) is 0 Å². The van der Waals surface area contributed by atoms with Crippen LogP contribution in [0.25, 0.3) is 43.5 Å². The number of pyridine rings is 2. The molecule has 132 valence electrons. The van der Waals surface area contributed by atoms with E-state index < -0.39 is 0 Å². The van der Waals surface area contributed by atoms with Gasteiger partial charge in [0.1, 0.15) is 0 Å². The fourth-order valence-corrected chi connectivity index (χ4v) is 3.53. The van der Waals surface area contributed by atoms with Crippen LogP contribution in [0.2, 0.25) is 0 Å². The molecule has 2 heterocycles. The van der Waals surface area contributed by atoms with Crippen LogP contribution in [0.15, 0.2) is 109 Å². The Morgan fingerprint density at radius 3 is 1.79 bits per heavy atom. The molecule has 0 saturated carbocycles. The van der Waals surface area contributed by atoms with Crippen LogP contribution in [-0.4, -0.2) is 9.97 Å². The van der Waals surface area contributed by atoms with Crippen LogP contribution in [0.5, 0.6) is 0 Å². The molecule has 0 aliphatic carbocycles. The van der Waals surface area contributed by atoms with E-state index in [4.69, 9.17) is 0 Å². The van der Waals surface area contributed by atoms with Gasteiger partial charge in [-0.2, -0.15) is 0 Å². The maximum Gasteiger partial charge on any atom is 0.0780 e. The lowest BCUT2D eigenvalue weighted by Crippen LogP contribution is -1.80. The molecule has 4 aromatic carbocycles. The van der Waals surface area contributed by atoms with Crippen LogP contribution in [-0.2, 0) is 0 Å². The summed E-state index contributed by atoms with van der Waals surface area (Å²) in [6.45, 7) is 0. The maximum atomic E-state index is 4.58. The number of rotatable bonds is 0. The molecule has 0 spiro atoms. The van der Waals surface area contributed by atoms with Gasteiger partial charge < -0.3 is 0 Å². The number of hydrogen-bond donors (Lipinski definition) is 0. The van der Waals surface area contributed by atoms with E-state index in [2.05, 4.69) is 70.6 Å². The van der Waals surface area contributed by atoms with E-state index in [-0.39, 0.29) is 0 Å². The quantitative estimate of drug-likeness (QED) is 0.221. The van der Waals surface area contributed by atoms with Gasteiger partial charge >= 0.3 is 0 Å². The second-order valence-corrected chi connectivity index (χ2v) is 6.74. The van der Waals surface area contributed by atoms with Gasteiger partial charge in [-0.25, -0.2) is 4.98 Å². The standard InChI is InChI=1S/2C13H9N/c1-3-7-12-10(5-1)9-11-6-2-4-8-13(11)14-12;1-2-6-12-10(4-1)7-8-11-5-3-9-14-13(11)12/h2*1-9H. The minimum atomic E-state index is 1.06. The van der Waals surface area contributed by atoms with Crippen molar-refractivity contribution in [3.63, 3.8) is 0 Å². The average Bonchev–Trinajstić information content (AvgIpc) is 2.78. The van der Waals surface area contributed by atoms with Gasteiger partial charge in [-0.3, -0.25) is 4.98 Å². The molecule has 2 heteroatoms. The molecule has 6 rings (SSSR count). The number of fused-ring (bicyclic) bond motifs is 5. The first-order chi connectivity index (χ1) is 13.9. The van der Waals surface area contributed by atoms with Crippen LogP contribution in [0, 0.1) is 0 Å². The molecule has 0 amide bonds. The summed E-state index contributed by atoms with van der Waals surface area (Å²) >= 11 is 0. The normalized spacial score (nSPS) is 10.9. The molecular formula is C26H18N2. The molecular weight excluding hydrogens is 340 g/mol. The highest BCUT2D eigenvalue weighted by Crippen LogP contribution is 2.22. The number of aromatic nitrogens is 2. The largest absolute Gasteiger partial charge is 0.256 e. The van der Waals surface area contributed by atoms with E-state index in [0.717, 1.165) is 16.6 Å². The summed E-state index contributed by atoms with van der Waals surface area (Å²) in [6.07, 6.45) is 1.84. The van der Waals surface area contributed by atoms with E-state index in [1.807, 2.05) is 48.7 Å². The Bertz CT molecular complexity index is 1240. The van der Waals surface area contributed by atoms with Gasteiger partial charge in [0.05, 0.1) is 16.6 Å². The lowest BCUT2D eigenvalue weighted by atomic mass is 10.1. The molecule has 28 heavy (non-hydrogen) atoms. The minimum absolute atomic E-state index is 1.06. The first-order valence-electron chi connectivity index (χ1n) is 9.35. The second-order valence-electron chi connectivity index (χ2n) is 6.74. The van der Waals surface area contributed by atoms with Crippen molar-refractivity contribution in [3.8, 4) is 0 Å². The zero-order valence-electron chi connectivity index (χ0n) is 15.3. The Hall–Kier alpha value is -3.78. The van der Waals surface area contributed by atoms with Gasteiger partial charge in [0.15, 0.2) is 0 Å². The van der Waals surface area contributed by atoms with Gasteiger partial charge in [-0.05, 0) is 29.7 Å². The molecule has 0 unspecified atom stereocenters. The maximum absolute atomic E-state index is 4.58. The van der Waals surface area contributed by atoms with Crippen molar-refractivity contribution in [1.29, 1.82) is 0 Å². The number of para-hydroxylation sites is 2. The minimum Gasteiger partial charge on any atom is -0.256 e. The zero-order chi connectivity index (χ0) is 18.8. The van der Waals surface area contributed by atoms with Crippen molar-refractivity contribution < 1.29 is 0 Å². The molecule has 2 nitrogen and oxygen atoms in total. The molecule has 0 radical (unpaired) electrons. The van der Waals surface area contributed by atoms with Crippen LogP contribution < -0.4 is 0 Å². The highest BCUT2D eigenvalue weighted by Gasteiger charge is 1.99. The number of hydrogen-bond acceptors (Lipinski definition) is 2. The fourth-order valence-electron chi connectivity index (χ4n) is 3.53. The van der Waals surface area contributed by atoms with E-state index >= 15 is 0 Å². The number of nitrogens with zero attached hydrogens (tertiary/aromatic N) is 2. The third-order valence-corrected chi connectivity index (χ3v) is 4.92. The van der Waals surface area contributed by atoms with Crippen LogP contribution in [0.1, 0.15) is 0 Å². The third-order valence-electron chi connectivity index (χ3n) is 4.92. The van der Waals surface area contributed by atoms with Gasteiger partial charge in [0, 0.05) is 27.7 Å². The summed E-state index contributed by atoms with van der Waals surface area (Å²) in [6, 6.07) is 35.2. The molecule has 0 N–H and O–H groups in total. The van der Waals surface area contributed by atoms with Gasteiger partial charge in [0.25, 0.3) is 0 Å². The second kappa shape index (κ2) is 7.09. The average molecular weight is 358 g/mol. The highest BCUT2D eigenvalue weighted by atomic mass is 14.7. The van der Waals surface area contributed by atoms with Gasteiger partial charge in [-0.15, -0.1) is 0 Å². The first kappa shape index (κ1) is 16.4. The molecule has 0 saturated heterocycles. The Balaban J connectivity index is 0.000000122. The molecule has 0 aliphatic heterocycles. The SMILES string of the molecule is c1ccc2c(c1)ccc1cccnc12.c1ccc2nc3ccccc3cc2c1. The summed E-state index contributed by atoms with van der Waals surface area (Å²) in [7, 11) is 0. The predicted octanol–water partition coefficient (Wildman–Crippen LogP) is 6.78. The topological polar surface area (TPSA) is 25.8 Å². The lowest BCUT2D eigenvalue weighted by molar-refractivity contribution is 1.43. The monoisotopic (exact) mass is 358 g/mol. The van der Waals surface area contributed by atoms with Crippen molar-refractivity contribution in [2.75, 3.05) is 0 Å². The Morgan fingerprint density at radius 1 is 0.464 bits per heavy atom. The van der Waals surface area contributed by atoms with Gasteiger partial charge in [0.2, 0.25) is 0 Å². The Kier molecular flexibility index (Phi) is 4.15. The van der Waals surface area contributed by atoms with E-state index in [1.165, 1.54) is 26.9 Å². The van der Waals surface area contributed by atoms with Crippen molar-refractivity contribution in [2.45, 2.75) is 0 Å². The number of benzene rings is 4. The highest BCUT2D eigenvalue weighted by molar-refractivity contribution is 6.04. The zero-order valence-corrected chi connectivity index (χ0v) is 15.3. The van der Waals surface area contributed by atoms with Crippen LogP contribution in [0.4, 0.5) is 0 Å². The summed E-state index contributed by atoms with van der Waals surface area (Å²) < 4.78 is 0. The first-order valence-corrected chi connectivity index (χ1v) is 9.35. The summed E-state index contributed by atoms with van der Waals surface area (Å²) in [4.78, 5) is 8.99.